The van der Waals surface area contributed by atoms with Crippen molar-refractivity contribution >= 4 is 8.07 Å². The summed E-state index contributed by atoms with van der Waals surface area (Å²) in [5, 5.41) is 0. The maximum atomic E-state index is 3.28. The molecule has 0 nitrogen and oxygen atoms in total. The fraction of sp³-hybridized carbons (Fsp3) is 0.545. The monoisotopic (exact) mass is 322 g/mol. The molecular weight excluding hydrogens is 292 g/mol. The van der Waals surface area contributed by atoms with E-state index < -0.39 is 8.07 Å². The van der Waals surface area contributed by atoms with Crippen LogP contribution in [0, 0.1) is 29.2 Å². The Balaban J connectivity index is 1.93. The molecule has 1 aliphatic carbocycles. The van der Waals surface area contributed by atoms with E-state index in [0.717, 1.165) is 17.4 Å². The van der Waals surface area contributed by atoms with Gasteiger partial charge in [0, 0.05) is 5.56 Å². The predicted molar refractivity (Wildman–Crippen MR) is 104 cm³/mol. The largest absolute Gasteiger partial charge is 0.130 e. The van der Waals surface area contributed by atoms with Crippen molar-refractivity contribution in [2.45, 2.75) is 71.0 Å². The zero-order valence-corrected chi connectivity index (χ0v) is 16.2. The van der Waals surface area contributed by atoms with Crippen LogP contribution in [0.15, 0.2) is 24.3 Å². The highest BCUT2D eigenvalue weighted by Gasteiger charge is 2.21. The SMILES string of the molecule is CCC[C@H]1CC[C@H](c2ccc(C#CC#C[Si](C)(C)C)cc2)CC1. The van der Waals surface area contributed by atoms with Crippen LogP contribution >= 0.6 is 0 Å². The smallest absolute Gasteiger partial charge is 0.118 e. The Morgan fingerprint density at radius 1 is 0.957 bits per heavy atom. The van der Waals surface area contributed by atoms with Crippen LogP contribution in [0.4, 0.5) is 0 Å². The van der Waals surface area contributed by atoms with E-state index in [1.165, 1.54) is 44.1 Å². The van der Waals surface area contributed by atoms with Crippen molar-refractivity contribution in [3.8, 4) is 23.3 Å². The second-order valence-electron chi connectivity index (χ2n) is 7.88. The molecule has 23 heavy (non-hydrogen) atoms. The minimum atomic E-state index is -1.30. The molecule has 0 amide bonds. The quantitative estimate of drug-likeness (QED) is 0.473. The number of hydrogen-bond acceptors (Lipinski definition) is 0. The lowest BCUT2D eigenvalue weighted by atomic mass is 9.77. The van der Waals surface area contributed by atoms with Crippen molar-refractivity contribution in [1.29, 1.82) is 0 Å². The molecule has 0 atom stereocenters. The van der Waals surface area contributed by atoms with Gasteiger partial charge in [-0.25, -0.2) is 0 Å². The maximum absolute atomic E-state index is 3.28. The van der Waals surface area contributed by atoms with E-state index in [0.29, 0.717) is 0 Å². The summed E-state index contributed by atoms with van der Waals surface area (Å²) in [5.74, 6) is 10.9. The molecule has 0 aliphatic heterocycles. The van der Waals surface area contributed by atoms with Gasteiger partial charge in [0.2, 0.25) is 0 Å². The molecule has 0 heterocycles. The Labute approximate surface area is 144 Å². The maximum Gasteiger partial charge on any atom is 0.130 e. The highest BCUT2D eigenvalue weighted by atomic mass is 28.3. The van der Waals surface area contributed by atoms with Gasteiger partial charge in [0.25, 0.3) is 0 Å². The highest BCUT2D eigenvalue weighted by Crippen LogP contribution is 2.37. The first-order valence-electron chi connectivity index (χ1n) is 9.11. The lowest BCUT2D eigenvalue weighted by Gasteiger charge is -2.28. The van der Waals surface area contributed by atoms with E-state index in [1.807, 2.05) is 0 Å². The van der Waals surface area contributed by atoms with E-state index >= 15 is 0 Å². The average Bonchev–Trinajstić information content (AvgIpc) is 2.52. The third-order valence-electron chi connectivity index (χ3n) is 4.63. The van der Waals surface area contributed by atoms with Gasteiger partial charge in [-0.3, -0.25) is 0 Å². The third-order valence-corrected chi connectivity index (χ3v) is 5.51. The Hall–Kier alpha value is -1.44. The second-order valence-corrected chi connectivity index (χ2v) is 12.6. The lowest BCUT2D eigenvalue weighted by Crippen LogP contribution is -2.16. The van der Waals surface area contributed by atoms with E-state index in [2.05, 4.69) is 74.1 Å². The molecule has 0 unspecified atom stereocenters. The molecule has 0 saturated heterocycles. The summed E-state index contributed by atoms with van der Waals surface area (Å²) in [7, 11) is -1.30. The molecule has 0 N–H and O–H groups in total. The first kappa shape index (κ1) is 17.9. The van der Waals surface area contributed by atoms with Crippen LogP contribution in [-0.4, -0.2) is 8.07 Å². The molecule has 0 spiro atoms. The van der Waals surface area contributed by atoms with Gasteiger partial charge in [-0.1, -0.05) is 57.5 Å². The molecule has 1 fully saturated rings. The summed E-state index contributed by atoms with van der Waals surface area (Å²) in [6.07, 6.45) is 8.29. The number of benzene rings is 1. The van der Waals surface area contributed by atoms with Crippen molar-refractivity contribution in [1.82, 2.24) is 0 Å². The zero-order valence-electron chi connectivity index (χ0n) is 15.2. The van der Waals surface area contributed by atoms with E-state index in [4.69, 9.17) is 0 Å². The predicted octanol–water partition coefficient (Wildman–Crippen LogP) is 5.99. The first-order valence-corrected chi connectivity index (χ1v) is 12.6. The molecule has 1 saturated carbocycles. The van der Waals surface area contributed by atoms with Crippen molar-refractivity contribution < 1.29 is 0 Å². The average molecular weight is 323 g/mol. The van der Waals surface area contributed by atoms with Crippen molar-refractivity contribution in [3.05, 3.63) is 35.4 Å². The van der Waals surface area contributed by atoms with Crippen LogP contribution in [0.1, 0.15) is 62.5 Å². The second kappa shape index (κ2) is 8.42. The molecule has 122 valence electrons. The van der Waals surface area contributed by atoms with Crippen LogP contribution in [0.25, 0.3) is 0 Å². The molecule has 0 bridgehead atoms. The van der Waals surface area contributed by atoms with Gasteiger partial charge in [-0.2, -0.15) is 0 Å². The fourth-order valence-corrected chi connectivity index (χ4v) is 3.79. The summed E-state index contributed by atoms with van der Waals surface area (Å²) in [4.78, 5) is 0. The van der Waals surface area contributed by atoms with Gasteiger partial charge in [-0.15, -0.1) is 5.54 Å². The van der Waals surface area contributed by atoms with Gasteiger partial charge < -0.3 is 0 Å². The zero-order chi connectivity index (χ0) is 16.7. The molecule has 1 heteroatoms. The minimum Gasteiger partial charge on any atom is -0.118 e. The van der Waals surface area contributed by atoms with E-state index in [-0.39, 0.29) is 0 Å². The van der Waals surface area contributed by atoms with Gasteiger partial charge in [0.15, 0.2) is 0 Å². The minimum absolute atomic E-state index is 0.761. The molecular formula is C22H30Si. The third kappa shape index (κ3) is 6.29. The van der Waals surface area contributed by atoms with Crippen LogP contribution < -0.4 is 0 Å². The van der Waals surface area contributed by atoms with Crippen LogP contribution in [-0.2, 0) is 0 Å². The van der Waals surface area contributed by atoms with Gasteiger partial charge in [-0.05, 0) is 67.1 Å². The van der Waals surface area contributed by atoms with Gasteiger partial charge in [0.05, 0.1) is 0 Å². The Kier molecular flexibility index (Phi) is 6.55. The molecule has 1 aromatic carbocycles. The molecule has 0 aromatic heterocycles. The van der Waals surface area contributed by atoms with Crippen molar-refractivity contribution in [2.75, 3.05) is 0 Å². The summed E-state index contributed by atoms with van der Waals surface area (Å²) < 4.78 is 0. The summed E-state index contributed by atoms with van der Waals surface area (Å²) in [6.45, 7) is 9.03. The van der Waals surface area contributed by atoms with Crippen molar-refractivity contribution in [3.63, 3.8) is 0 Å². The molecule has 2 rings (SSSR count). The van der Waals surface area contributed by atoms with Crippen molar-refractivity contribution in [2.24, 2.45) is 5.92 Å². The normalized spacial score (nSPS) is 20.9. The lowest BCUT2D eigenvalue weighted by molar-refractivity contribution is 0.308. The number of hydrogen-bond donors (Lipinski definition) is 0. The Morgan fingerprint density at radius 3 is 2.17 bits per heavy atom. The Bertz CT molecular complexity index is 602. The topological polar surface area (TPSA) is 0 Å². The standard InChI is InChI=1S/C22H30Si/c1-5-8-19-10-14-21(15-11-19)22-16-12-20(13-17-22)9-6-7-18-23(2,3)4/h12-13,16-17,19,21H,5,8,10-11,14-15H2,1-4H3/t19-,21-. The fourth-order valence-electron chi connectivity index (χ4n) is 3.35. The summed E-state index contributed by atoms with van der Waals surface area (Å²) >= 11 is 0. The van der Waals surface area contributed by atoms with Gasteiger partial charge in [0.1, 0.15) is 8.07 Å². The van der Waals surface area contributed by atoms with Crippen LogP contribution in [0.2, 0.25) is 19.6 Å². The van der Waals surface area contributed by atoms with Crippen LogP contribution in [0.5, 0.6) is 0 Å². The first-order chi connectivity index (χ1) is 11.0. The summed E-state index contributed by atoms with van der Waals surface area (Å²) in [5.41, 5.74) is 5.87. The molecule has 1 aliphatic rings. The Morgan fingerprint density at radius 2 is 1.61 bits per heavy atom. The molecule has 0 radical (unpaired) electrons. The summed E-state index contributed by atoms with van der Waals surface area (Å²) in [6, 6.07) is 8.88. The van der Waals surface area contributed by atoms with Gasteiger partial charge >= 0.3 is 0 Å². The highest BCUT2D eigenvalue weighted by molar-refractivity contribution is 6.83. The molecule has 1 aromatic rings. The van der Waals surface area contributed by atoms with Crippen LogP contribution in [0.3, 0.4) is 0 Å². The van der Waals surface area contributed by atoms with E-state index in [1.54, 1.807) is 0 Å². The number of rotatable bonds is 3. The van der Waals surface area contributed by atoms with E-state index in [9.17, 15) is 0 Å².